The van der Waals surface area contributed by atoms with Crippen LogP contribution in [-0.2, 0) is 19.6 Å². The van der Waals surface area contributed by atoms with Crippen LogP contribution in [0.4, 0.5) is 0 Å². The first-order chi connectivity index (χ1) is 13.7. The maximum absolute atomic E-state index is 4.80. The molecule has 3 rings (SSSR count). The molecule has 3 aromatic rings. The van der Waals surface area contributed by atoms with Crippen molar-refractivity contribution in [1.29, 1.82) is 0 Å². The summed E-state index contributed by atoms with van der Waals surface area (Å²) in [5, 5.41) is 0. The number of hydrogen-bond donors (Lipinski definition) is 0. The Bertz CT molecular complexity index is 896. The van der Waals surface area contributed by atoms with Crippen molar-refractivity contribution >= 4 is 0 Å². The molecule has 0 aliphatic carbocycles. The van der Waals surface area contributed by atoms with Crippen molar-refractivity contribution in [2.45, 2.75) is 80.2 Å². The van der Waals surface area contributed by atoms with Crippen LogP contribution < -0.4 is 0 Å². The number of pyridine rings is 1. The van der Waals surface area contributed by atoms with Crippen LogP contribution in [0.25, 0.3) is 0 Å². The summed E-state index contributed by atoms with van der Waals surface area (Å²) >= 11 is 0. The van der Waals surface area contributed by atoms with E-state index in [1.165, 1.54) is 0 Å². The zero-order valence-electron chi connectivity index (χ0n) is 18.8. The topological polar surface area (TPSA) is 51.8 Å². The Morgan fingerprint density at radius 2 is 1.21 bits per heavy atom. The van der Waals surface area contributed by atoms with Crippen LogP contribution in [0.1, 0.15) is 74.2 Å². The van der Waals surface area contributed by atoms with Gasteiger partial charge in [0, 0.05) is 49.8 Å². The minimum Gasteiger partial charge on any atom is -0.332 e. The fourth-order valence-corrected chi connectivity index (χ4v) is 3.84. The Morgan fingerprint density at radius 1 is 0.724 bits per heavy atom. The summed E-state index contributed by atoms with van der Waals surface area (Å²) in [4.78, 5) is 16.7. The third kappa shape index (κ3) is 5.32. The van der Waals surface area contributed by atoms with Gasteiger partial charge in [-0.25, -0.2) is 9.97 Å². The average molecular weight is 395 g/mol. The number of nitrogens with zero attached hydrogens (tertiary/aromatic N) is 6. The molecule has 3 heterocycles. The second-order valence-electron chi connectivity index (χ2n) is 8.48. The molecule has 0 saturated carbocycles. The maximum Gasteiger partial charge on any atom is 0.106 e. The van der Waals surface area contributed by atoms with Gasteiger partial charge < -0.3 is 9.13 Å². The Labute approximate surface area is 174 Å². The molecule has 29 heavy (non-hydrogen) atoms. The zero-order valence-corrected chi connectivity index (χ0v) is 18.8. The Hall–Kier alpha value is -2.47. The first-order valence-corrected chi connectivity index (χ1v) is 10.5. The average Bonchev–Trinajstić information content (AvgIpc) is 3.17. The Balaban J connectivity index is 1.85. The summed E-state index contributed by atoms with van der Waals surface area (Å²) in [6.07, 6.45) is 4.35. The van der Waals surface area contributed by atoms with E-state index in [2.05, 4.69) is 80.1 Å². The highest BCUT2D eigenvalue weighted by molar-refractivity contribution is 5.12. The molecule has 0 aliphatic rings. The zero-order chi connectivity index (χ0) is 21.1. The third-order valence-corrected chi connectivity index (χ3v) is 5.15. The van der Waals surface area contributed by atoms with Crippen LogP contribution in [0.5, 0.6) is 0 Å². The van der Waals surface area contributed by atoms with Gasteiger partial charge in [-0.3, -0.25) is 9.88 Å². The standard InChI is InChI=1S/C23H34N6/c1-16(2)28-14-22(25-19(28)6)12-27(11-21-10-8-9-18(5)24-21)13-23-15-29(17(3)4)20(7)26-23/h8-10,14-17H,11-13H2,1-7H3. The number of aromatic nitrogens is 5. The molecular weight excluding hydrogens is 360 g/mol. The van der Waals surface area contributed by atoms with E-state index < -0.39 is 0 Å². The lowest BCUT2D eigenvalue weighted by Gasteiger charge is -2.20. The summed E-state index contributed by atoms with van der Waals surface area (Å²) in [6.45, 7) is 17.2. The number of rotatable bonds is 8. The smallest absolute Gasteiger partial charge is 0.106 e. The van der Waals surface area contributed by atoms with Crippen LogP contribution in [-0.4, -0.2) is 29.0 Å². The van der Waals surface area contributed by atoms with Crippen molar-refractivity contribution in [2.75, 3.05) is 0 Å². The quantitative estimate of drug-likeness (QED) is 0.552. The SMILES string of the molecule is Cc1cccc(CN(Cc2cn(C(C)C)c(C)n2)Cc2cn(C(C)C)c(C)n2)n1. The fraction of sp³-hybridized carbons (Fsp3) is 0.522. The normalized spacial score (nSPS) is 11.9. The highest BCUT2D eigenvalue weighted by atomic mass is 15.2. The van der Waals surface area contributed by atoms with Gasteiger partial charge >= 0.3 is 0 Å². The minimum absolute atomic E-state index is 0.410. The second-order valence-corrected chi connectivity index (χ2v) is 8.48. The first kappa shape index (κ1) is 21.2. The maximum atomic E-state index is 4.80. The van der Waals surface area contributed by atoms with Crippen molar-refractivity contribution in [2.24, 2.45) is 0 Å². The monoisotopic (exact) mass is 394 g/mol. The van der Waals surface area contributed by atoms with Crippen LogP contribution in [0, 0.1) is 20.8 Å². The van der Waals surface area contributed by atoms with Gasteiger partial charge in [0.25, 0.3) is 0 Å². The lowest BCUT2D eigenvalue weighted by atomic mass is 10.2. The third-order valence-electron chi connectivity index (χ3n) is 5.15. The van der Waals surface area contributed by atoms with E-state index >= 15 is 0 Å². The summed E-state index contributed by atoms with van der Waals surface area (Å²) in [6, 6.07) is 7.02. The molecule has 0 unspecified atom stereocenters. The van der Waals surface area contributed by atoms with Gasteiger partial charge in [-0.2, -0.15) is 0 Å². The predicted molar refractivity (Wildman–Crippen MR) is 117 cm³/mol. The highest BCUT2D eigenvalue weighted by Crippen LogP contribution is 2.17. The molecule has 0 aliphatic heterocycles. The second kappa shape index (κ2) is 8.91. The van der Waals surface area contributed by atoms with Crippen molar-refractivity contribution in [1.82, 2.24) is 29.0 Å². The van der Waals surface area contributed by atoms with Crippen LogP contribution >= 0.6 is 0 Å². The van der Waals surface area contributed by atoms with E-state index in [4.69, 9.17) is 15.0 Å². The molecule has 0 atom stereocenters. The molecule has 0 spiro atoms. The molecule has 3 aromatic heterocycles. The Kier molecular flexibility index (Phi) is 6.52. The van der Waals surface area contributed by atoms with Gasteiger partial charge in [-0.1, -0.05) is 6.07 Å². The fourth-order valence-electron chi connectivity index (χ4n) is 3.84. The molecule has 6 heteroatoms. The van der Waals surface area contributed by atoms with E-state index in [1.54, 1.807) is 0 Å². The van der Waals surface area contributed by atoms with Gasteiger partial charge in [0.1, 0.15) is 11.6 Å². The van der Waals surface area contributed by atoms with Crippen LogP contribution in [0.3, 0.4) is 0 Å². The Morgan fingerprint density at radius 3 is 1.62 bits per heavy atom. The van der Waals surface area contributed by atoms with Gasteiger partial charge in [0.05, 0.1) is 17.1 Å². The van der Waals surface area contributed by atoms with Gasteiger partial charge in [-0.15, -0.1) is 0 Å². The number of imidazole rings is 2. The lowest BCUT2D eigenvalue weighted by Crippen LogP contribution is -2.23. The van der Waals surface area contributed by atoms with Crippen LogP contribution in [0.2, 0.25) is 0 Å². The molecule has 0 saturated heterocycles. The minimum atomic E-state index is 0.410. The van der Waals surface area contributed by atoms with E-state index in [1.807, 2.05) is 13.0 Å². The molecule has 0 aromatic carbocycles. The summed E-state index contributed by atoms with van der Waals surface area (Å²) in [7, 11) is 0. The molecule has 0 fully saturated rings. The largest absolute Gasteiger partial charge is 0.332 e. The molecule has 0 radical (unpaired) electrons. The molecule has 6 nitrogen and oxygen atoms in total. The van der Waals surface area contributed by atoms with Gasteiger partial charge in [-0.05, 0) is 60.6 Å². The van der Waals surface area contributed by atoms with E-state index in [0.717, 1.165) is 54.1 Å². The molecular formula is C23H34N6. The summed E-state index contributed by atoms with van der Waals surface area (Å²) < 4.78 is 4.46. The molecule has 156 valence electrons. The van der Waals surface area contributed by atoms with Gasteiger partial charge in [0.15, 0.2) is 0 Å². The van der Waals surface area contributed by atoms with Crippen LogP contribution in [0.15, 0.2) is 30.6 Å². The van der Waals surface area contributed by atoms with Crippen molar-refractivity contribution in [3.63, 3.8) is 0 Å². The molecule has 0 bridgehead atoms. The predicted octanol–water partition coefficient (Wildman–Crippen LogP) is 4.76. The van der Waals surface area contributed by atoms with Crippen molar-refractivity contribution < 1.29 is 0 Å². The highest BCUT2D eigenvalue weighted by Gasteiger charge is 2.16. The van der Waals surface area contributed by atoms with Gasteiger partial charge in [0.2, 0.25) is 0 Å². The molecule has 0 amide bonds. The molecule has 0 N–H and O–H groups in total. The summed E-state index contributed by atoms with van der Waals surface area (Å²) in [5.41, 5.74) is 4.29. The lowest BCUT2D eigenvalue weighted by molar-refractivity contribution is 0.239. The first-order valence-electron chi connectivity index (χ1n) is 10.5. The van der Waals surface area contributed by atoms with Crippen molar-refractivity contribution in [3.8, 4) is 0 Å². The van der Waals surface area contributed by atoms with E-state index in [9.17, 15) is 0 Å². The summed E-state index contributed by atoms with van der Waals surface area (Å²) in [5.74, 6) is 2.12. The van der Waals surface area contributed by atoms with E-state index in [0.29, 0.717) is 12.1 Å². The number of hydrogen-bond acceptors (Lipinski definition) is 4. The van der Waals surface area contributed by atoms with Crippen molar-refractivity contribution in [3.05, 3.63) is 65.0 Å². The van der Waals surface area contributed by atoms with E-state index in [-0.39, 0.29) is 0 Å². The number of aryl methyl sites for hydroxylation is 3.